The summed E-state index contributed by atoms with van der Waals surface area (Å²) in [6.07, 6.45) is 1.08. The van der Waals surface area contributed by atoms with E-state index < -0.39 is 28.5 Å². The SMILES string of the molecule is CCNC(=O)C(C)N(Cc1ccc(Br)cc1)C(=O)CN(c1ccc(C)cc1C)S(C)(=O)=O. The van der Waals surface area contributed by atoms with E-state index in [1.807, 2.05) is 50.2 Å². The number of anilines is 1. The number of nitrogens with zero attached hydrogens (tertiary/aromatic N) is 2. The van der Waals surface area contributed by atoms with Crippen LogP contribution in [-0.2, 0) is 26.2 Å². The Kier molecular flexibility index (Phi) is 8.86. The minimum Gasteiger partial charge on any atom is -0.355 e. The van der Waals surface area contributed by atoms with Crippen molar-refractivity contribution in [2.24, 2.45) is 0 Å². The molecule has 0 bridgehead atoms. The van der Waals surface area contributed by atoms with Crippen LogP contribution in [0.4, 0.5) is 5.69 Å². The Labute approximate surface area is 199 Å². The average Bonchev–Trinajstić information content (AvgIpc) is 2.71. The maximum atomic E-state index is 13.4. The van der Waals surface area contributed by atoms with E-state index in [1.165, 1.54) is 4.90 Å². The first kappa shape index (κ1) is 25.9. The molecule has 1 atom stereocenters. The molecular formula is C23H30BrN3O4S. The summed E-state index contributed by atoms with van der Waals surface area (Å²) < 4.78 is 27.2. The molecule has 2 rings (SSSR count). The maximum Gasteiger partial charge on any atom is 0.244 e. The van der Waals surface area contributed by atoms with Crippen molar-refractivity contribution in [1.29, 1.82) is 0 Å². The van der Waals surface area contributed by atoms with Gasteiger partial charge in [-0.15, -0.1) is 0 Å². The second-order valence-corrected chi connectivity index (χ2v) is 10.6. The molecule has 2 aromatic rings. The Bertz CT molecular complexity index is 1070. The molecule has 0 aliphatic carbocycles. The third kappa shape index (κ3) is 6.80. The van der Waals surface area contributed by atoms with Crippen LogP contribution in [0.5, 0.6) is 0 Å². The smallest absolute Gasteiger partial charge is 0.244 e. The van der Waals surface area contributed by atoms with E-state index in [4.69, 9.17) is 0 Å². The molecule has 0 heterocycles. The number of amides is 2. The van der Waals surface area contributed by atoms with E-state index >= 15 is 0 Å². The predicted molar refractivity (Wildman–Crippen MR) is 131 cm³/mol. The molecule has 0 saturated heterocycles. The minimum atomic E-state index is -3.74. The second kappa shape index (κ2) is 11.0. The molecule has 0 radical (unpaired) electrons. The van der Waals surface area contributed by atoms with Gasteiger partial charge in [0.15, 0.2) is 0 Å². The summed E-state index contributed by atoms with van der Waals surface area (Å²) in [5, 5.41) is 2.73. The molecule has 2 amide bonds. The molecule has 0 aliphatic heterocycles. The summed E-state index contributed by atoms with van der Waals surface area (Å²) in [6.45, 7) is 7.38. The van der Waals surface area contributed by atoms with Gasteiger partial charge in [-0.1, -0.05) is 45.8 Å². The van der Waals surface area contributed by atoms with Crippen molar-refractivity contribution in [2.45, 2.75) is 40.3 Å². The van der Waals surface area contributed by atoms with Crippen LogP contribution in [-0.4, -0.2) is 50.5 Å². The standard InChI is InChI=1S/C23H30BrN3O4S/c1-6-25-23(29)18(4)26(14-19-8-10-20(24)11-9-19)22(28)15-27(32(5,30)31)21-12-7-16(2)13-17(21)3/h7-13,18H,6,14-15H2,1-5H3,(H,25,29). The zero-order chi connectivity index (χ0) is 24.1. The first-order valence-electron chi connectivity index (χ1n) is 10.3. The van der Waals surface area contributed by atoms with Crippen molar-refractivity contribution in [3.05, 3.63) is 63.6 Å². The molecule has 0 aliphatic rings. The van der Waals surface area contributed by atoms with Crippen molar-refractivity contribution in [3.63, 3.8) is 0 Å². The molecular weight excluding hydrogens is 494 g/mol. The summed E-state index contributed by atoms with van der Waals surface area (Å²) >= 11 is 3.39. The average molecular weight is 524 g/mol. The van der Waals surface area contributed by atoms with Crippen molar-refractivity contribution in [1.82, 2.24) is 10.2 Å². The van der Waals surface area contributed by atoms with Gasteiger partial charge in [0, 0.05) is 17.6 Å². The normalized spacial score (nSPS) is 12.2. The van der Waals surface area contributed by atoms with Crippen LogP contribution in [0.25, 0.3) is 0 Å². The second-order valence-electron chi connectivity index (χ2n) is 7.78. The fourth-order valence-electron chi connectivity index (χ4n) is 3.37. The molecule has 32 heavy (non-hydrogen) atoms. The Morgan fingerprint density at radius 1 is 1.09 bits per heavy atom. The molecule has 0 fully saturated rings. The lowest BCUT2D eigenvalue weighted by atomic mass is 10.1. The monoisotopic (exact) mass is 523 g/mol. The molecule has 0 saturated carbocycles. The number of nitrogens with one attached hydrogen (secondary N) is 1. The van der Waals surface area contributed by atoms with E-state index in [2.05, 4.69) is 21.2 Å². The zero-order valence-corrected chi connectivity index (χ0v) is 21.5. The van der Waals surface area contributed by atoms with Crippen LogP contribution in [0.1, 0.15) is 30.5 Å². The third-order valence-electron chi connectivity index (χ3n) is 5.08. The molecule has 1 unspecified atom stereocenters. The van der Waals surface area contributed by atoms with Gasteiger partial charge in [-0.05, 0) is 57.0 Å². The molecule has 9 heteroatoms. The zero-order valence-electron chi connectivity index (χ0n) is 19.1. The van der Waals surface area contributed by atoms with Crippen LogP contribution in [0.15, 0.2) is 46.9 Å². The lowest BCUT2D eigenvalue weighted by Gasteiger charge is -2.32. The highest BCUT2D eigenvalue weighted by Crippen LogP contribution is 2.24. The number of hydrogen-bond acceptors (Lipinski definition) is 4. The summed E-state index contributed by atoms with van der Waals surface area (Å²) in [5.41, 5.74) is 3.02. The number of likely N-dealkylation sites (N-methyl/N-ethyl adjacent to an activating group) is 1. The molecule has 0 spiro atoms. The number of carbonyl (C=O) groups excluding carboxylic acids is 2. The quantitative estimate of drug-likeness (QED) is 0.545. The molecule has 174 valence electrons. The van der Waals surface area contributed by atoms with Crippen LogP contribution in [0.3, 0.4) is 0 Å². The van der Waals surface area contributed by atoms with Gasteiger partial charge in [-0.25, -0.2) is 8.42 Å². The molecule has 2 aromatic carbocycles. The molecule has 0 aromatic heterocycles. The van der Waals surface area contributed by atoms with Gasteiger partial charge in [0.2, 0.25) is 21.8 Å². The number of benzene rings is 2. The summed E-state index contributed by atoms with van der Waals surface area (Å²) in [5.74, 6) is -0.757. The number of rotatable bonds is 9. The van der Waals surface area contributed by atoms with Crippen LogP contribution in [0, 0.1) is 13.8 Å². The van der Waals surface area contributed by atoms with E-state index in [1.54, 1.807) is 19.9 Å². The van der Waals surface area contributed by atoms with E-state index in [9.17, 15) is 18.0 Å². The van der Waals surface area contributed by atoms with Crippen LogP contribution >= 0.6 is 15.9 Å². The third-order valence-corrected chi connectivity index (χ3v) is 6.74. The predicted octanol–water partition coefficient (Wildman–Crippen LogP) is 3.39. The van der Waals surface area contributed by atoms with Crippen LogP contribution in [0.2, 0.25) is 0 Å². The van der Waals surface area contributed by atoms with Gasteiger partial charge >= 0.3 is 0 Å². The van der Waals surface area contributed by atoms with Crippen molar-refractivity contribution in [3.8, 4) is 0 Å². The number of aryl methyl sites for hydroxylation is 2. The van der Waals surface area contributed by atoms with E-state index in [0.717, 1.165) is 31.7 Å². The molecule has 1 N–H and O–H groups in total. The van der Waals surface area contributed by atoms with Crippen LogP contribution < -0.4 is 9.62 Å². The lowest BCUT2D eigenvalue weighted by Crippen LogP contribution is -2.51. The maximum absolute atomic E-state index is 13.4. The van der Waals surface area contributed by atoms with Gasteiger partial charge < -0.3 is 10.2 Å². The summed E-state index contributed by atoms with van der Waals surface area (Å²) in [6, 6.07) is 12.0. The first-order valence-corrected chi connectivity index (χ1v) is 12.9. The van der Waals surface area contributed by atoms with Crippen molar-refractivity contribution < 1.29 is 18.0 Å². The van der Waals surface area contributed by atoms with Gasteiger partial charge in [-0.2, -0.15) is 0 Å². The highest BCUT2D eigenvalue weighted by atomic mass is 79.9. The lowest BCUT2D eigenvalue weighted by molar-refractivity contribution is -0.139. The summed E-state index contributed by atoms with van der Waals surface area (Å²) in [4.78, 5) is 27.3. The molecule has 7 nitrogen and oxygen atoms in total. The largest absolute Gasteiger partial charge is 0.355 e. The first-order chi connectivity index (χ1) is 14.9. The van der Waals surface area contributed by atoms with E-state index in [0.29, 0.717) is 12.2 Å². The van der Waals surface area contributed by atoms with Gasteiger partial charge in [-0.3, -0.25) is 13.9 Å². The van der Waals surface area contributed by atoms with Gasteiger partial charge in [0.1, 0.15) is 12.6 Å². The number of halogens is 1. The minimum absolute atomic E-state index is 0.175. The topological polar surface area (TPSA) is 86.8 Å². The van der Waals surface area contributed by atoms with E-state index in [-0.39, 0.29) is 12.5 Å². The van der Waals surface area contributed by atoms with Crippen molar-refractivity contribution in [2.75, 3.05) is 23.7 Å². The Hall–Kier alpha value is -2.39. The van der Waals surface area contributed by atoms with Gasteiger partial charge in [0.25, 0.3) is 0 Å². The number of hydrogen-bond donors (Lipinski definition) is 1. The Morgan fingerprint density at radius 2 is 1.72 bits per heavy atom. The van der Waals surface area contributed by atoms with Crippen molar-refractivity contribution >= 4 is 43.5 Å². The number of sulfonamides is 1. The fourth-order valence-corrected chi connectivity index (χ4v) is 4.54. The highest BCUT2D eigenvalue weighted by Gasteiger charge is 2.30. The number of carbonyl (C=O) groups is 2. The van der Waals surface area contributed by atoms with Gasteiger partial charge in [0.05, 0.1) is 11.9 Å². The Morgan fingerprint density at radius 3 is 2.25 bits per heavy atom. The summed E-state index contributed by atoms with van der Waals surface area (Å²) in [7, 11) is -3.74. The Balaban J connectivity index is 2.40. The fraction of sp³-hybridized carbons (Fsp3) is 0.391. The highest BCUT2D eigenvalue weighted by molar-refractivity contribution is 9.10.